The number of rotatable bonds is 8. The molecule has 0 bridgehead atoms. The molecule has 11 nitrogen and oxygen atoms in total. The van der Waals surface area contributed by atoms with E-state index < -0.39 is 26.0 Å². The van der Waals surface area contributed by atoms with Gasteiger partial charge in [-0.1, -0.05) is 0 Å². The summed E-state index contributed by atoms with van der Waals surface area (Å²) in [7, 11) is -2.72. The number of anilines is 2. The number of methoxy groups -OCH3 is 4. The van der Waals surface area contributed by atoms with Crippen LogP contribution in [-0.2, 0) is 24.8 Å². The number of carbonyl (C=O) groups excluding carboxylic acids is 1. The van der Waals surface area contributed by atoms with Gasteiger partial charge in [0.1, 0.15) is 10.6 Å². The highest BCUT2D eigenvalue weighted by Gasteiger charge is 2.37. The number of sulfonamides is 2. The van der Waals surface area contributed by atoms with E-state index in [-0.39, 0.29) is 51.4 Å². The molecule has 0 saturated carbocycles. The van der Waals surface area contributed by atoms with Crippen molar-refractivity contribution in [3.63, 3.8) is 0 Å². The molecule has 2 aromatic carbocycles. The van der Waals surface area contributed by atoms with Crippen LogP contribution in [0.15, 0.2) is 35.2 Å². The van der Waals surface area contributed by atoms with Crippen LogP contribution in [0.1, 0.15) is 6.42 Å². The van der Waals surface area contributed by atoms with Crippen molar-refractivity contribution in [2.24, 2.45) is 0 Å². The second-order valence-electron chi connectivity index (χ2n) is 6.58. The van der Waals surface area contributed by atoms with Crippen molar-refractivity contribution in [2.75, 3.05) is 43.2 Å². The second-order valence-corrected chi connectivity index (χ2v) is 10.2. The minimum absolute atomic E-state index is 0.0438. The molecule has 0 aliphatic carbocycles. The molecule has 1 aliphatic heterocycles. The normalized spacial score (nSPS) is 15.4. The number of carbonyl (C=O) groups is 1. The highest BCUT2D eigenvalue weighted by atomic mass is 32.2. The van der Waals surface area contributed by atoms with E-state index >= 15 is 0 Å². The largest absolute Gasteiger partial charge is 0.495 e. The van der Waals surface area contributed by atoms with Crippen molar-refractivity contribution in [3.05, 3.63) is 30.3 Å². The Morgan fingerprint density at radius 2 is 1.50 bits per heavy atom. The predicted molar refractivity (Wildman–Crippen MR) is 116 cm³/mol. The maximum absolute atomic E-state index is 13.2. The quantitative estimate of drug-likeness (QED) is 0.589. The van der Waals surface area contributed by atoms with E-state index in [1.54, 1.807) is 0 Å². The molecule has 2 aromatic rings. The molecule has 174 valence electrons. The first kappa shape index (κ1) is 23.5. The molecule has 0 spiro atoms. The van der Waals surface area contributed by atoms with Crippen LogP contribution in [0.25, 0.3) is 0 Å². The van der Waals surface area contributed by atoms with Crippen molar-refractivity contribution >= 4 is 37.3 Å². The van der Waals surface area contributed by atoms with Gasteiger partial charge >= 0.3 is 0 Å². The Bertz CT molecular complexity index is 1230. The summed E-state index contributed by atoms with van der Waals surface area (Å²) in [5, 5.41) is 0. The zero-order chi connectivity index (χ0) is 23.7. The lowest BCUT2D eigenvalue weighted by Gasteiger charge is -2.19. The van der Waals surface area contributed by atoms with E-state index in [0.717, 1.165) is 6.07 Å². The second kappa shape index (κ2) is 8.74. The van der Waals surface area contributed by atoms with Gasteiger partial charge in [-0.15, -0.1) is 0 Å². The SMILES string of the molecule is COc1ccc(N2C(=O)CCS2(=O)=O)cc1S(=O)(=O)Nc1cc(OC)c(OC)c(OC)c1. The summed E-state index contributed by atoms with van der Waals surface area (Å²) >= 11 is 0. The maximum atomic E-state index is 13.2. The van der Waals surface area contributed by atoms with Gasteiger partial charge in [0.15, 0.2) is 11.5 Å². The smallest absolute Gasteiger partial charge is 0.265 e. The topological polar surface area (TPSA) is 138 Å². The Labute approximate surface area is 185 Å². The average Bonchev–Trinajstić information content (AvgIpc) is 3.04. The zero-order valence-corrected chi connectivity index (χ0v) is 19.4. The monoisotopic (exact) mass is 486 g/mol. The molecule has 0 unspecified atom stereocenters. The van der Waals surface area contributed by atoms with Crippen LogP contribution in [0.2, 0.25) is 0 Å². The van der Waals surface area contributed by atoms with Crippen LogP contribution in [0.4, 0.5) is 11.4 Å². The summed E-state index contributed by atoms with van der Waals surface area (Å²) in [4.78, 5) is 11.7. The standard InChI is InChI=1S/C19H22N2O9S2/c1-27-14-6-5-13(21-18(22)7-8-31(21,23)24)11-17(14)32(25,26)20-12-9-15(28-2)19(30-4)16(10-12)29-3/h5-6,9-11,20H,7-8H2,1-4H3. The van der Waals surface area contributed by atoms with Crippen molar-refractivity contribution in [1.82, 2.24) is 0 Å². The molecule has 1 amide bonds. The fourth-order valence-electron chi connectivity index (χ4n) is 3.22. The van der Waals surface area contributed by atoms with Crippen LogP contribution in [0.5, 0.6) is 23.0 Å². The van der Waals surface area contributed by atoms with Crippen LogP contribution >= 0.6 is 0 Å². The Kier molecular flexibility index (Phi) is 6.41. The summed E-state index contributed by atoms with van der Waals surface area (Å²) in [5.41, 5.74) is -0.00427. The van der Waals surface area contributed by atoms with Crippen LogP contribution in [0, 0.1) is 0 Å². The number of hydrogen-bond donors (Lipinski definition) is 1. The molecule has 13 heteroatoms. The predicted octanol–water partition coefficient (Wildman–Crippen LogP) is 1.59. The lowest BCUT2D eigenvalue weighted by atomic mass is 10.2. The molecular formula is C19H22N2O9S2. The Morgan fingerprint density at radius 3 is 1.97 bits per heavy atom. The minimum atomic E-state index is -4.29. The van der Waals surface area contributed by atoms with E-state index in [0.29, 0.717) is 4.31 Å². The molecule has 3 rings (SSSR count). The molecule has 1 fully saturated rings. The zero-order valence-electron chi connectivity index (χ0n) is 17.7. The summed E-state index contributed by atoms with van der Waals surface area (Å²) in [6.07, 6.45) is -0.180. The third kappa shape index (κ3) is 4.25. The third-order valence-corrected chi connectivity index (χ3v) is 7.76. The number of benzene rings is 2. The van der Waals surface area contributed by atoms with Crippen molar-refractivity contribution in [1.29, 1.82) is 0 Å². The summed E-state index contributed by atoms with van der Waals surface area (Å²) in [6, 6.07) is 6.44. The lowest BCUT2D eigenvalue weighted by Crippen LogP contribution is -2.29. The van der Waals surface area contributed by atoms with Gasteiger partial charge in [-0.05, 0) is 18.2 Å². The van der Waals surface area contributed by atoms with Crippen LogP contribution in [-0.4, -0.2) is 56.9 Å². The van der Waals surface area contributed by atoms with E-state index in [9.17, 15) is 21.6 Å². The first-order valence-corrected chi connectivity index (χ1v) is 12.2. The molecule has 1 N–H and O–H groups in total. The summed E-state index contributed by atoms with van der Waals surface area (Å²) < 4.78 is 74.7. The van der Waals surface area contributed by atoms with Gasteiger partial charge in [-0.2, -0.15) is 0 Å². The van der Waals surface area contributed by atoms with Gasteiger partial charge in [0, 0.05) is 18.6 Å². The molecule has 0 aromatic heterocycles. The minimum Gasteiger partial charge on any atom is -0.495 e. The van der Waals surface area contributed by atoms with E-state index in [4.69, 9.17) is 18.9 Å². The summed E-state index contributed by atoms with van der Waals surface area (Å²) in [6.45, 7) is 0. The molecule has 1 saturated heterocycles. The Morgan fingerprint density at radius 1 is 0.906 bits per heavy atom. The molecule has 0 radical (unpaired) electrons. The van der Waals surface area contributed by atoms with Gasteiger partial charge in [0.05, 0.1) is 45.6 Å². The first-order chi connectivity index (χ1) is 15.1. The van der Waals surface area contributed by atoms with Crippen molar-refractivity contribution in [3.8, 4) is 23.0 Å². The fraction of sp³-hybridized carbons (Fsp3) is 0.316. The highest BCUT2D eigenvalue weighted by molar-refractivity contribution is 7.94. The first-order valence-electron chi connectivity index (χ1n) is 9.14. The van der Waals surface area contributed by atoms with Gasteiger partial charge < -0.3 is 18.9 Å². The van der Waals surface area contributed by atoms with E-state index in [2.05, 4.69) is 4.72 Å². The molecule has 32 heavy (non-hydrogen) atoms. The van der Waals surface area contributed by atoms with Crippen LogP contribution in [0.3, 0.4) is 0 Å². The van der Waals surface area contributed by atoms with Crippen LogP contribution < -0.4 is 28.0 Å². The van der Waals surface area contributed by atoms with Gasteiger partial charge in [0.2, 0.25) is 21.7 Å². The molecule has 1 heterocycles. The number of ether oxygens (including phenoxy) is 4. The number of nitrogens with one attached hydrogen (secondary N) is 1. The maximum Gasteiger partial charge on any atom is 0.265 e. The lowest BCUT2D eigenvalue weighted by molar-refractivity contribution is -0.116. The molecule has 0 atom stereocenters. The molecular weight excluding hydrogens is 464 g/mol. The number of amides is 1. The number of hydrogen-bond acceptors (Lipinski definition) is 9. The molecule has 1 aliphatic rings. The summed E-state index contributed by atoms with van der Waals surface area (Å²) in [5.74, 6) is -0.314. The Balaban J connectivity index is 2.08. The van der Waals surface area contributed by atoms with E-state index in [1.165, 1.54) is 52.7 Å². The van der Waals surface area contributed by atoms with Crippen molar-refractivity contribution < 1.29 is 40.6 Å². The fourth-order valence-corrected chi connectivity index (χ4v) is 5.90. The third-order valence-electron chi connectivity index (χ3n) is 4.67. The van der Waals surface area contributed by atoms with Crippen molar-refractivity contribution in [2.45, 2.75) is 11.3 Å². The van der Waals surface area contributed by atoms with Gasteiger partial charge in [-0.3, -0.25) is 9.52 Å². The van der Waals surface area contributed by atoms with Gasteiger partial charge in [0.25, 0.3) is 10.0 Å². The van der Waals surface area contributed by atoms with E-state index in [1.807, 2.05) is 0 Å². The number of nitrogens with zero attached hydrogens (tertiary/aromatic N) is 1. The van der Waals surface area contributed by atoms with Gasteiger partial charge in [-0.25, -0.2) is 21.1 Å². The Hall–Kier alpha value is -3.19. The average molecular weight is 487 g/mol. The highest BCUT2D eigenvalue weighted by Crippen LogP contribution is 2.41.